The van der Waals surface area contributed by atoms with Crippen LogP contribution in [0.1, 0.15) is 49.3 Å². The number of benzene rings is 1. The first-order chi connectivity index (χ1) is 16.2. The fraction of sp³-hybridized carbons (Fsp3) is 0.440. The third-order valence-electron chi connectivity index (χ3n) is 6.57. The summed E-state index contributed by atoms with van der Waals surface area (Å²) in [6.07, 6.45) is 3.30. The number of hydrogen-bond donors (Lipinski definition) is 3. The smallest absolute Gasteiger partial charge is 0.246 e. The summed E-state index contributed by atoms with van der Waals surface area (Å²) in [4.78, 5) is 22.2. The second-order valence-electron chi connectivity index (χ2n) is 9.63. The van der Waals surface area contributed by atoms with E-state index in [2.05, 4.69) is 58.2 Å². The van der Waals surface area contributed by atoms with Crippen molar-refractivity contribution in [1.29, 1.82) is 0 Å². The monoisotopic (exact) mass is 465 g/mol. The zero-order valence-corrected chi connectivity index (χ0v) is 19.9. The first kappa shape index (κ1) is 24.0. The molecule has 0 radical (unpaired) electrons. The molecule has 34 heavy (non-hydrogen) atoms. The summed E-state index contributed by atoms with van der Waals surface area (Å²) in [5, 5.41) is 27.6. The molecule has 0 spiro atoms. The average Bonchev–Trinajstić information content (AvgIpc) is 3.30. The van der Waals surface area contributed by atoms with E-state index < -0.39 is 23.5 Å². The molecule has 9 heteroatoms. The molecule has 3 aromatic rings. The zero-order valence-electron chi connectivity index (χ0n) is 19.9. The van der Waals surface area contributed by atoms with E-state index in [4.69, 9.17) is 9.63 Å². The number of amides is 1. The largest absolute Gasteiger partial charge is 0.387 e. The highest BCUT2D eigenvalue weighted by Crippen LogP contribution is 2.50. The van der Waals surface area contributed by atoms with Gasteiger partial charge in [0.05, 0.1) is 6.54 Å². The number of pyridine rings is 1. The van der Waals surface area contributed by atoms with Crippen LogP contribution in [0, 0.1) is 5.41 Å². The molecule has 0 bridgehead atoms. The number of carbonyl (C=O) groups is 1. The summed E-state index contributed by atoms with van der Waals surface area (Å²) in [6.45, 7) is 7.24. The second kappa shape index (κ2) is 9.25. The lowest BCUT2D eigenvalue weighted by Gasteiger charge is -2.55. The lowest BCUT2D eigenvalue weighted by atomic mass is 9.62. The average molecular weight is 466 g/mol. The zero-order chi connectivity index (χ0) is 24.5. The quantitative estimate of drug-likeness (QED) is 0.462. The molecular weight excluding hydrogens is 434 g/mol. The Bertz CT molecular complexity index is 1150. The van der Waals surface area contributed by atoms with Crippen LogP contribution in [-0.4, -0.2) is 62.9 Å². The van der Waals surface area contributed by atoms with Gasteiger partial charge in [-0.1, -0.05) is 50.2 Å². The summed E-state index contributed by atoms with van der Waals surface area (Å²) in [7, 11) is 2.04. The van der Waals surface area contributed by atoms with Gasteiger partial charge in [0.15, 0.2) is 0 Å². The van der Waals surface area contributed by atoms with Crippen molar-refractivity contribution in [3.8, 4) is 11.4 Å². The Morgan fingerprint density at radius 2 is 1.94 bits per heavy atom. The SMILES string of the molecule is CC(C)c1ccc([C@](O)(c2cncc(-c3noc(CNC(=O)CO)n3)c2)C2(C)CN(C)C2)cc1. The molecule has 4 rings (SSSR count). The summed E-state index contributed by atoms with van der Waals surface area (Å²) >= 11 is 0. The molecule has 1 amide bonds. The third-order valence-corrected chi connectivity index (χ3v) is 6.57. The van der Waals surface area contributed by atoms with Crippen molar-refractivity contribution in [3.63, 3.8) is 0 Å². The van der Waals surface area contributed by atoms with E-state index >= 15 is 0 Å². The van der Waals surface area contributed by atoms with E-state index in [9.17, 15) is 9.90 Å². The number of likely N-dealkylation sites (tertiary alicyclic amines) is 1. The maximum absolute atomic E-state index is 12.3. The predicted molar refractivity (Wildman–Crippen MR) is 126 cm³/mol. The van der Waals surface area contributed by atoms with E-state index in [0.29, 0.717) is 22.9 Å². The first-order valence-electron chi connectivity index (χ1n) is 11.3. The lowest BCUT2D eigenvalue weighted by Crippen LogP contribution is -2.63. The van der Waals surface area contributed by atoms with Gasteiger partial charge >= 0.3 is 0 Å². The predicted octanol–water partition coefficient (Wildman–Crippen LogP) is 2.05. The van der Waals surface area contributed by atoms with Crippen LogP contribution in [0.4, 0.5) is 0 Å². The molecule has 1 aliphatic heterocycles. The molecule has 1 aliphatic rings. The fourth-order valence-electron chi connectivity index (χ4n) is 4.78. The Morgan fingerprint density at radius 3 is 2.56 bits per heavy atom. The number of nitrogens with one attached hydrogen (secondary N) is 1. The van der Waals surface area contributed by atoms with Gasteiger partial charge in [0, 0.05) is 42.0 Å². The molecule has 9 nitrogen and oxygen atoms in total. The number of aliphatic hydroxyl groups excluding tert-OH is 1. The van der Waals surface area contributed by atoms with Crippen molar-refractivity contribution in [1.82, 2.24) is 25.3 Å². The van der Waals surface area contributed by atoms with Gasteiger partial charge in [-0.05, 0) is 30.2 Å². The number of hydrogen-bond acceptors (Lipinski definition) is 8. The summed E-state index contributed by atoms with van der Waals surface area (Å²) in [5.41, 5.74) is 1.57. The van der Waals surface area contributed by atoms with E-state index in [1.54, 1.807) is 12.4 Å². The molecule has 1 aromatic carbocycles. The molecule has 3 heterocycles. The second-order valence-corrected chi connectivity index (χ2v) is 9.63. The molecule has 0 saturated carbocycles. The van der Waals surface area contributed by atoms with E-state index in [-0.39, 0.29) is 12.4 Å². The third kappa shape index (κ3) is 4.34. The van der Waals surface area contributed by atoms with Crippen molar-refractivity contribution in [2.45, 2.75) is 38.8 Å². The van der Waals surface area contributed by atoms with Gasteiger partial charge in [-0.15, -0.1) is 0 Å². The van der Waals surface area contributed by atoms with Crippen LogP contribution in [0.2, 0.25) is 0 Å². The normalized spacial score (nSPS) is 17.3. The van der Waals surface area contributed by atoms with Gasteiger partial charge in [0.25, 0.3) is 0 Å². The summed E-state index contributed by atoms with van der Waals surface area (Å²) < 4.78 is 5.22. The number of rotatable bonds is 8. The van der Waals surface area contributed by atoms with Gasteiger partial charge in [0.2, 0.25) is 17.6 Å². The van der Waals surface area contributed by atoms with E-state index in [0.717, 1.165) is 18.7 Å². The van der Waals surface area contributed by atoms with Crippen molar-refractivity contribution in [3.05, 3.63) is 65.3 Å². The van der Waals surface area contributed by atoms with Gasteiger partial charge in [-0.3, -0.25) is 9.78 Å². The van der Waals surface area contributed by atoms with E-state index in [1.165, 1.54) is 5.56 Å². The standard InChI is InChI=1S/C25H31N5O4/c1-16(2)17-5-7-19(8-6-17)25(33,24(3)14-30(4)15-24)20-9-18(10-26-11-20)23-28-22(34-29-23)12-27-21(32)13-31/h5-11,16,31,33H,12-15H2,1-4H3,(H,27,32)/t25-/m0/s1. The van der Waals surface area contributed by atoms with Crippen LogP contribution in [0.5, 0.6) is 0 Å². The number of carbonyl (C=O) groups excluding carboxylic acids is 1. The molecule has 1 saturated heterocycles. The van der Waals surface area contributed by atoms with Crippen LogP contribution in [0.25, 0.3) is 11.4 Å². The minimum Gasteiger partial charge on any atom is -0.387 e. The Balaban J connectivity index is 1.70. The van der Waals surface area contributed by atoms with Crippen molar-refractivity contribution in [2.75, 3.05) is 26.7 Å². The molecule has 2 aromatic heterocycles. The molecule has 0 unspecified atom stereocenters. The maximum atomic E-state index is 12.3. The van der Waals surface area contributed by atoms with Gasteiger partial charge < -0.3 is 25.0 Å². The molecule has 1 fully saturated rings. The highest BCUT2D eigenvalue weighted by atomic mass is 16.5. The lowest BCUT2D eigenvalue weighted by molar-refractivity contribution is -0.127. The Hall–Kier alpha value is -3.14. The van der Waals surface area contributed by atoms with Crippen LogP contribution < -0.4 is 5.32 Å². The first-order valence-corrected chi connectivity index (χ1v) is 11.3. The van der Waals surface area contributed by atoms with Crippen molar-refractivity contribution < 1.29 is 19.5 Å². The van der Waals surface area contributed by atoms with Crippen molar-refractivity contribution >= 4 is 5.91 Å². The summed E-state index contributed by atoms with van der Waals surface area (Å²) in [5.74, 6) is 0.369. The highest BCUT2D eigenvalue weighted by Gasteiger charge is 2.55. The number of aromatic nitrogens is 3. The van der Waals surface area contributed by atoms with Gasteiger partial charge in [-0.25, -0.2) is 0 Å². The number of nitrogens with zero attached hydrogens (tertiary/aromatic N) is 4. The Labute approximate surface area is 198 Å². The van der Waals surface area contributed by atoms with E-state index in [1.807, 2.05) is 25.2 Å². The van der Waals surface area contributed by atoms with Crippen LogP contribution in [0.15, 0.2) is 47.2 Å². The van der Waals surface area contributed by atoms with Gasteiger partial charge in [0.1, 0.15) is 12.2 Å². The molecule has 0 aliphatic carbocycles. The van der Waals surface area contributed by atoms with Gasteiger partial charge in [-0.2, -0.15) is 4.98 Å². The molecule has 180 valence electrons. The number of aliphatic hydroxyl groups is 2. The van der Waals surface area contributed by atoms with Crippen LogP contribution in [-0.2, 0) is 16.9 Å². The van der Waals surface area contributed by atoms with Crippen molar-refractivity contribution in [2.24, 2.45) is 5.41 Å². The highest BCUT2D eigenvalue weighted by molar-refractivity contribution is 5.76. The minimum absolute atomic E-state index is 0.00998. The minimum atomic E-state index is -1.28. The summed E-state index contributed by atoms with van der Waals surface area (Å²) in [6, 6.07) is 9.98. The topological polar surface area (TPSA) is 125 Å². The molecule has 3 N–H and O–H groups in total. The fourth-order valence-corrected chi connectivity index (χ4v) is 4.78. The molecule has 1 atom stereocenters. The molecular formula is C25H31N5O4. The maximum Gasteiger partial charge on any atom is 0.246 e. The Kier molecular flexibility index (Phi) is 6.53. The Morgan fingerprint density at radius 1 is 1.24 bits per heavy atom. The van der Waals surface area contributed by atoms with Crippen LogP contribution >= 0.6 is 0 Å². The van der Waals surface area contributed by atoms with Crippen LogP contribution in [0.3, 0.4) is 0 Å².